The van der Waals surface area contributed by atoms with Gasteiger partial charge in [0.25, 0.3) is 5.91 Å². The van der Waals surface area contributed by atoms with Crippen molar-refractivity contribution in [2.75, 3.05) is 51.3 Å². The van der Waals surface area contributed by atoms with Crippen molar-refractivity contribution < 1.29 is 19.1 Å². The molecule has 0 atom stereocenters. The van der Waals surface area contributed by atoms with E-state index in [1.165, 1.54) is 0 Å². The Morgan fingerprint density at radius 2 is 1.78 bits per heavy atom. The Labute approximate surface area is 211 Å². The maximum atomic E-state index is 12.5. The molecule has 1 aliphatic rings. The van der Waals surface area contributed by atoms with E-state index in [0.717, 1.165) is 55.3 Å². The van der Waals surface area contributed by atoms with E-state index in [9.17, 15) is 9.59 Å². The molecule has 0 bridgehead atoms. The monoisotopic (exact) mass is 491 g/mol. The Hall–Kier alpha value is -3.85. The first-order chi connectivity index (χ1) is 17.4. The van der Waals surface area contributed by atoms with Crippen molar-refractivity contribution in [2.45, 2.75) is 13.8 Å². The second kappa shape index (κ2) is 11.7. The van der Waals surface area contributed by atoms with Gasteiger partial charge in [-0.2, -0.15) is 5.10 Å². The van der Waals surface area contributed by atoms with E-state index in [1.54, 1.807) is 17.8 Å². The van der Waals surface area contributed by atoms with E-state index in [4.69, 9.17) is 9.47 Å². The molecule has 0 spiro atoms. The van der Waals surface area contributed by atoms with Crippen LogP contribution in [0.1, 0.15) is 12.5 Å². The van der Waals surface area contributed by atoms with Gasteiger partial charge in [0.05, 0.1) is 5.69 Å². The maximum absolute atomic E-state index is 12.5. The number of nitrogens with one attached hydrogen (secondary N) is 1. The van der Waals surface area contributed by atoms with Crippen LogP contribution in [0.25, 0.3) is 11.3 Å². The SMILES string of the molecule is CC(=O)N1CCN(CCOc2ccc(NC(=O)COc3ccccc3C)cc2-c2ccnn2C)CC1. The van der Waals surface area contributed by atoms with Crippen LogP contribution in [0.15, 0.2) is 54.7 Å². The number of ether oxygens (including phenoxy) is 2. The van der Waals surface area contributed by atoms with Crippen LogP contribution in [-0.2, 0) is 16.6 Å². The number of amides is 2. The molecule has 9 heteroatoms. The topological polar surface area (TPSA) is 88.9 Å². The Balaban J connectivity index is 1.38. The highest BCUT2D eigenvalue weighted by molar-refractivity contribution is 5.93. The van der Waals surface area contributed by atoms with Gasteiger partial charge in [-0.1, -0.05) is 18.2 Å². The summed E-state index contributed by atoms with van der Waals surface area (Å²) in [6.45, 7) is 7.93. The number of hydrogen-bond donors (Lipinski definition) is 1. The lowest BCUT2D eigenvalue weighted by molar-refractivity contribution is -0.130. The van der Waals surface area contributed by atoms with Crippen molar-refractivity contribution in [3.8, 4) is 22.8 Å². The largest absolute Gasteiger partial charge is 0.492 e. The summed E-state index contributed by atoms with van der Waals surface area (Å²) in [5, 5.41) is 7.20. The number of carbonyl (C=O) groups excluding carboxylic acids is 2. The third-order valence-electron chi connectivity index (χ3n) is 6.30. The van der Waals surface area contributed by atoms with Gasteiger partial charge in [0.15, 0.2) is 6.61 Å². The van der Waals surface area contributed by atoms with Crippen LogP contribution in [-0.4, -0.2) is 77.3 Å². The van der Waals surface area contributed by atoms with Crippen LogP contribution >= 0.6 is 0 Å². The molecule has 0 saturated carbocycles. The summed E-state index contributed by atoms with van der Waals surface area (Å²) >= 11 is 0. The van der Waals surface area contributed by atoms with Gasteiger partial charge >= 0.3 is 0 Å². The molecule has 3 aromatic rings. The summed E-state index contributed by atoms with van der Waals surface area (Å²) in [4.78, 5) is 28.2. The van der Waals surface area contributed by atoms with Crippen LogP contribution in [0.5, 0.6) is 11.5 Å². The molecular weight excluding hydrogens is 458 g/mol. The number of aromatic nitrogens is 2. The Morgan fingerprint density at radius 1 is 1.00 bits per heavy atom. The molecule has 190 valence electrons. The molecule has 1 N–H and O–H groups in total. The van der Waals surface area contributed by atoms with Gasteiger partial charge in [0.1, 0.15) is 18.1 Å². The number of anilines is 1. The number of para-hydroxylation sites is 1. The van der Waals surface area contributed by atoms with Gasteiger partial charge in [-0.25, -0.2) is 0 Å². The number of nitrogens with zero attached hydrogens (tertiary/aromatic N) is 4. The van der Waals surface area contributed by atoms with Gasteiger partial charge in [0, 0.05) is 64.1 Å². The van der Waals surface area contributed by atoms with Crippen molar-refractivity contribution in [3.05, 3.63) is 60.3 Å². The molecule has 4 rings (SSSR count). The number of rotatable bonds is 9. The van der Waals surface area contributed by atoms with Gasteiger partial charge in [0.2, 0.25) is 5.91 Å². The van der Waals surface area contributed by atoms with Crippen LogP contribution in [0.3, 0.4) is 0 Å². The maximum Gasteiger partial charge on any atom is 0.262 e. The highest BCUT2D eigenvalue weighted by Gasteiger charge is 2.19. The molecule has 2 amide bonds. The summed E-state index contributed by atoms with van der Waals surface area (Å²) in [5.41, 5.74) is 3.35. The Morgan fingerprint density at radius 3 is 2.47 bits per heavy atom. The van der Waals surface area contributed by atoms with E-state index >= 15 is 0 Å². The number of benzene rings is 2. The zero-order valence-corrected chi connectivity index (χ0v) is 21.1. The van der Waals surface area contributed by atoms with Crippen molar-refractivity contribution >= 4 is 17.5 Å². The number of piperazine rings is 1. The molecule has 0 aliphatic carbocycles. The molecule has 2 heterocycles. The van der Waals surface area contributed by atoms with Crippen LogP contribution < -0.4 is 14.8 Å². The highest BCUT2D eigenvalue weighted by atomic mass is 16.5. The molecule has 1 fully saturated rings. The minimum Gasteiger partial charge on any atom is -0.492 e. The van der Waals surface area contributed by atoms with Gasteiger partial charge in [-0.3, -0.25) is 19.2 Å². The third kappa shape index (κ3) is 6.42. The van der Waals surface area contributed by atoms with Crippen LogP contribution in [0.4, 0.5) is 5.69 Å². The number of carbonyl (C=O) groups is 2. The molecule has 0 radical (unpaired) electrons. The lowest BCUT2D eigenvalue weighted by Gasteiger charge is -2.34. The minimum atomic E-state index is -0.243. The predicted molar refractivity (Wildman–Crippen MR) is 138 cm³/mol. The summed E-state index contributed by atoms with van der Waals surface area (Å²) < 4.78 is 13.6. The minimum absolute atomic E-state index is 0.0823. The quantitative estimate of drug-likeness (QED) is 0.495. The number of aryl methyl sites for hydroxylation is 2. The average Bonchev–Trinajstić information content (AvgIpc) is 3.30. The summed E-state index contributed by atoms with van der Waals surface area (Å²) in [7, 11) is 1.87. The number of hydrogen-bond acceptors (Lipinski definition) is 6. The van der Waals surface area contributed by atoms with Crippen LogP contribution in [0.2, 0.25) is 0 Å². The first kappa shape index (κ1) is 25.2. The molecule has 9 nitrogen and oxygen atoms in total. The smallest absolute Gasteiger partial charge is 0.262 e. The van der Waals surface area contributed by atoms with Gasteiger partial charge in [-0.15, -0.1) is 0 Å². The lowest BCUT2D eigenvalue weighted by atomic mass is 10.1. The standard InChI is InChI=1S/C27H33N5O4/c1-20-6-4-5-7-25(20)36-19-27(34)29-22-8-9-26(23(18-22)24-10-11-28-30(24)3)35-17-16-31-12-14-32(15-13-31)21(2)33/h4-11,18H,12-17,19H2,1-3H3,(H,29,34). The Kier molecular flexibility index (Phi) is 8.22. The molecule has 36 heavy (non-hydrogen) atoms. The van der Waals surface area contributed by atoms with Gasteiger partial charge < -0.3 is 19.7 Å². The first-order valence-electron chi connectivity index (χ1n) is 12.1. The zero-order valence-electron chi connectivity index (χ0n) is 21.1. The fraction of sp³-hybridized carbons (Fsp3) is 0.370. The third-order valence-corrected chi connectivity index (χ3v) is 6.30. The molecule has 1 aromatic heterocycles. The molecular formula is C27H33N5O4. The Bertz CT molecular complexity index is 1200. The fourth-order valence-corrected chi connectivity index (χ4v) is 4.20. The fourth-order valence-electron chi connectivity index (χ4n) is 4.20. The van der Waals surface area contributed by atoms with Gasteiger partial charge in [-0.05, 0) is 42.8 Å². The molecule has 1 aliphatic heterocycles. The zero-order chi connectivity index (χ0) is 25.5. The normalized spacial score (nSPS) is 13.9. The van der Waals surface area contributed by atoms with Crippen molar-refractivity contribution in [1.29, 1.82) is 0 Å². The van der Waals surface area contributed by atoms with E-state index < -0.39 is 0 Å². The summed E-state index contributed by atoms with van der Waals surface area (Å²) in [5.74, 6) is 1.29. The predicted octanol–water partition coefficient (Wildman–Crippen LogP) is 2.96. The summed E-state index contributed by atoms with van der Waals surface area (Å²) in [6.07, 6.45) is 1.73. The summed E-state index contributed by atoms with van der Waals surface area (Å²) in [6, 6.07) is 15.1. The second-order valence-corrected chi connectivity index (χ2v) is 8.85. The lowest BCUT2D eigenvalue weighted by Crippen LogP contribution is -2.48. The van der Waals surface area contributed by atoms with Crippen LogP contribution in [0, 0.1) is 6.92 Å². The van der Waals surface area contributed by atoms with Crippen molar-refractivity contribution in [2.24, 2.45) is 7.05 Å². The van der Waals surface area contributed by atoms with Crippen molar-refractivity contribution in [3.63, 3.8) is 0 Å². The van der Waals surface area contributed by atoms with E-state index in [-0.39, 0.29) is 18.4 Å². The van der Waals surface area contributed by atoms with E-state index in [0.29, 0.717) is 18.0 Å². The van der Waals surface area contributed by atoms with Crippen molar-refractivity contribution in [1.82, 2.24) is 19.6 Å². The average molecular weight is 492 g/mol. The molecule has 1 saturated heterocycles. The first-order valence-corrected chi connectivity index (χ1v) is 12.1. The second-order valence-electron chi connectivity index (χ2n) is 8.85. The molecule has 0 unspecified atom stereocenters. The van der Waals surface area contributed by atoms with E-state index in [2.05, 4.69) is 15.3 Å². The molecule has 2 aromatic carbocycles. The highest BCUT2D eigenvalue weighted by Crippen LogP contribution is 2.32. The van der Waals surface area contributed by atoms with E-state index in [1.807, 2.05) is 67.4 Å².